The van der Waals surface area contributed by atoms with Crippen molar-refractivity contribution in [1.29, 1.82) is 0 Å². The van der Waals surface area contributed by atoms with Gasteiger partial charge >= 0.3 is 5.97 Å². The number of aromatic amines is 1. The molecule has 8 rings (SSSR count). The van der Waals surface area contributed by atoms with Crippen LogP contribution < -0.4 is 4.90 Å². The smallest absolute Gasteiger partial charge is 0.374 e. The summed E-state index contributed by atoms with van der Waals surface area (Å²) in [5, 5.41) is 13.3. The minimum atomic E-state index is -0.459. The van der Waals surface area contributed by atoms with Crippen LogP contribution in [0.3, 0.4) is 0 Å². The fourth-order valence-corrected chi connectivity index (χ4v) is 7.18. The summed E-state index contributed by atoms with van der Waals surface area (Å²) >= 11 is 1.46. The largest absolute Gasteiger partial charge is 0.458 e. The lowest BCUT2D eigenvalue weighted by Gasteiger charge is -2.36. The summed E-state index contributed by atoms with van der Waals surface area (Å²) in [4.78, 5) is 27.3. The Morgan fingerprint density at radius 1 is 0.939 bits per heavy atom. The van der Waals surface area contributed by atoms with Crippen LogP contribution >= 0.6 is 11.8 Å². The van der Waals surface area contributed by atoms with Crippen molar-refractivity contribution in [2.75, 3.05) is 44.2 Å². The number of H-pyrrole nitrogens is 1. The molecular weight excluding hydrogens is 637 g/mol. The lowest BCUT2D eigenvalue weighted by molar-refractivity contribution is 0.0425. The van der Waals surface area contributed by atoms with E-state index in [0.29, 0.717) is 23.0 Å². The molecule has 246 valence electrons. The van der Waals surface area contributed by atoms with Crippen molar-refractivity contribution >= 4 is 40.2 Å². The fourth-order valence-electron chi connectivity index (χ4n) is 6.38. The first-order valence-electron chi connectivity index (χ1n) is 16.3. The number of fused-ring (bicyclic) bond motifs is 2. The highest BCUT2D eigenvalue weighted by Gasteiger charge is 2.25. The van der Waals surface area contributed by atoms with Crippen molar-refractivity contribution in [2.24, 2.45) is 0 Å². The van der Waals surface area contributed by atoms with E-state index in [9.17, 15) is 4.79 Å². The average molecular weight is 671 g/mol. The summed E-state index contributed by atoms with van der Waals surface area (Å²) in [6.45, 7) is 6.17. The summed E-state index contributed by atoms with van der Waals surface area (Å²) in [6, 6.07) is 30.4. The molecule has 1 saturated heterocycles. The summed E-state index contributed by atoms with van der Waals surface area (Å²) < 4.78 is 13.8. The van der Waals surface area contributed by atoms with Crippen LogP contribution in [0.4, 0.5) is 5.82 Å². The third-order valence-electron chi connectivity index (χ3n) is 8.84. The molecule has 1 aliphatic rings. The molecule has 0 radical (unpaired) electrons. The molecule has 12 heteroatoms. The number of piperazine rings is 1. The molecule has 1 N–H and O–H groups in total. The number of ether oxygens (including phenoxy) is 1. The maximum atomic E-state index is 13.3. The van der Waals surface area contributed by atoms with Crippen molar-refractivity contribution in [3.05, 3.63) is 114 Å². The molecule has 3 aromatic carbocycles. The van der Waals surface area contributed by atoms with Gasteiger partial charge < -0.3 is 14.1 Å². The number of rotatable bonds is 10. The van der Waals surface area contributed by atoms with E-state index in [2.05, 4.69) is 55.3 Å². The van der Waals surface area contributed by atoms with E-state index in [1.165, 1.54) is 18.1 Å². The predicted octanol–water partition coefficient (Wildman–Crippen LogP) is 6.51. The van der Waals surface area contributed by atoms with Crippen LogP contribution in [0.25, 0.3) is 39.0 Å². The standard InChI is InChI=1S/C37H34N8O3S/c1-25-33(27-12-6-3-7-13-27)35-40-30(26-10-4-2-5-11-26)22-32(45(35)42-25)44-18-16-43(17-19-44)20-21-47-36(46)34-29(23-49-37-38-24-39-41-37)28-14-8-9-15-31(28)48-34/h2-15,22,24H,16-21,23H2,1H3,(H,38,39,41). The highest BCUT2D eigenvalue weighted by molar-refractivity contribution is 7.98. The second-order valence-corrected chi connectivity index (χ2v) is 12.8. The molecule has 0 aliphatic carbocycles. The van der Waals surface area contributed by atoms with E-state index in [-0.39, 0.29) is 12.4 Å². The Labute approximate surface area is 286 Å². The monoisotopic (exact) mass is 670 g/mol. The van der Waals surface area contributed by atoms with Gasteiger partial charge in [0.1, 0.15) is 24.3 Å². The number of hydrogen-bond acceptors (Lipinski definition) is 10. The van der Waals surface area contributed by atoms with Crippen LogP contribution in [0.2, 0.25) is 0 Å². The van der Waals surface area contributed by atoms with Gasteiger partial charge in [0, 0.05) is 66.6 Å². The van der Waals surface area contributed by atoms with Gasteiger partial charge in [0.25, 0.3) is 0 Å². The Morgan fingerprint density at radius 2 is 1.67 bits per heavy atom. The maximum absolute atomic E-state index is 13.3. The molecule has 0 atom stereocenters. The molecule has 5 heterocycles. The highest BCUT2D eigenvalue weighted by atomic mass is 32.2. The molecule has 0 spiro atoms. The number of esters is 1. The van der Waals surface area contributed by atoms with Gasteiger partial charge in [0.15, 0.2) is 10.8 Å². The van der Waals surface area contributed by atoms with E-state index < -0.39 is 5.97 Å². The number of furan rings is 1. The van der Waals surface area contributed by atoms with Crippen molar-refractivity contribution < 1.29 is 13.9 Å². The summed E-state index contributed by atoms with van der Waals surface area (Å²) in [6.07, 6.45) is 1.46. The van der Waals surface area contributed by atoms with Crippen LogP contribution in [0.1, 0.15) is 21.8 Å². The number of aryl methyl sites for hydroxylation is 1. The lowest BCUT2D eigenvalue weighted by Crippen LogP contribution is -2.48. The molecule has 0 amide bonds. The predicted molar refractivity (Wildman–Crippen MR) is 190 cm³/mol. The quantitative estimate of drug-likeness (QED) is 0.128. The Bertz CT molecular complexity index is 2210. The Kier molecular flexibility index (Phi) is 8.54. The summed E-state index contributed by atoms with van der Waals surface area (Å²) in [5.41, 5.74) is 7.35. The second kappa shape index (κ2) is 13.6. The first-order chi connectivity index (χ1) is 24.1. The van der Waals surface area contributed by atoms with Gasteiger partial charge in [-0.3, -0.25) is 10.00 Å². The molecule has 7 aromatic rings. The van der Waals surface area contributed by atoms with Gasteiger partial charge in [-0.1, -0.05) is 90.6 Å². The third-order valence-corrected chi connectivity index (χ3v) is 9.75. The van der Waals surface area contributed by atoms with Crippen molar-refractivity contribution in [3.63, 3.8) is 0 Å². The summed E-state index contributed by atoms with van der Waals surface area (Å²) in [7, 11) is 0. The molecule has 0 saturated carbocycles. The molecule has 0 bridgehead atoms. The Hall–Kier alpha value is -5.46. The third kappa shape index (κ3) is 6.28. The molecular formula is C37H34N8O3S. The SMILES string of the molecule is Cc1nn2c(N3CCN(CCOC(=O)c4oc5ccccc5c4CSc4ncn[nH]4)CC3)cc(-c3ccccc3)nc2c1-c1ccccc1. The topological polar surface area (TPSA) is 118 Å². The number of aromatic nitrogens is 6. The first-order valence-corrected chi connectivity index (χ1v) is 17.2. The number of para-hydroxylation sites is 1. The molecule has 11 nitrogen and oxygen atoms in total. The fraction of sp³-hybridized carbons (Fsp3) is 0.216. The van der Waals surface area contributed by atoms with Gasteiger partial charge in [-0.15, -0.1) is 0 Å². The minimum Gasteiger partial charge on any atom is -0.458 e. The number of carbonyl (C=O) groups is 1. The van der Waals surface area contributed by atoms with E-state index in [1.807, 2.05) is 72.1 Å². The van der Waals surface area contributed by atoms with Crippen molar-refractivity contribution in [1.82, 2.24) is 34.7 Å². The number of thioether (sulfide) groups is 1. The first kappa shape index (κ1) is 30.8. The number of nitrogens with one attached hydrogen (secondary N) is 1. The van der Waals surface area contributed by atoms with Crippen LogP contribution in [-0.2, 0) is 10.5 Å². The van der Waals surface area contributed by atoms with Gasteiger partial charge in [0.2, 0.25) is 5.76 Å². The number of carbonyl (C=O) groups excluding carboxylic acids is 1. The second-order valence-electron chi connectivity index (χ2n) is 11.9. The lowest BCUT2D eigenvalue weighted by atomic mass is 10.1. The molecule has 1 aliphatic heterocycles. The van der Waals surface area contributed by atoms with Crippen molar-refractivity contribution in [3.8, 4) is 22.4 Å². The number of nitrogens with zero attached hydrogens (tertiary/aromatic N) is 7. The average Bonchev–Trinajstić information content (AvgIpc) is 3.88. The van der Waals surface area contributed by atoms with Crippen LogP contribution in [-0.4, -0.2) is 80.0 Å². The Balaban J connectivity index is 0.962. The highest BCUT2D eigenvalue weighted by Crippen LogP contribution is 2.34. The zero-order valence-electron chi connectivity index (χ0n) is 27.0. The van der Waals surface area contributed by atoms with E-state index >= 15 is 0 Å². The zero-order chi connectivity index (χ0) is 33.2. The molecule has 1 fully saturated rings. The van der Waals surface area contributed by atoms with Crippen LogP contribution in [0.5, 0.6) is 0 Å². The Morgan fingerprint density at radius 3 is 2.43 bits per heavy atom. The van der Waals surface area contributed by atoms with Gasteiger partial charge in [-0.25, -0.2) is 14.8 Å². The molecule has 4 aromatic heterocycles. The molecule has 0 unspecified atom stereocenters. The number of anilines is 1. The number of hydrogen-bond donors (Lipinski definition) is 1. The van der Waals surface area contributed by atoms with Gasteiger partial charge in [-0.05, 0) is 18.6 Å². The van der Waals surface area contributed by atoms with Gasteiger partial charge in [0.05, 0.1) is 11.4 Å². The minimum absolute atomic E-state index is 0.235. The zero-order valence-corrected chi connectivity index (χ0v) is 27.8. The normalized spacial score (nSPS) is 13.8. The van der Waals surface area contributed by atoms with E-state index in [1.54, 1.807) is 0 Å². The summed E-state index contributed by atoms with van der Waals surface area (Å²) in [5.74, 6) is 1.29. The van der Waals surface area contributed by atoms with E-state index in [4.69, 9.17) is 19.2 Å². The van der Waals surface area contributed by atoms with Crippen LogP contribution in [0.15, 0.2) is 107 Å². The van der Waals surface area contributed by atoms with Crippen LogP contribution in [0, 0.1) is 6.92 Å². The van der Waals surface area contributed by atoms with E-state index in [0.717, 1.165) is 76.7 Å². The number of benzene rings is 3. The van der Waals surface area contributed by atoms with Gasteiger partial charge in [-0.2, -0.15) is 14.7 Å². The maximum Gasteiger partial charge on any atom is 0.374 e. The molecule has 49 heavy (non-hydrogen) atoms. The van der Waals surface area contributed by atoms with Crippen molar-refractivity contribution in [2.45, 2.75) is 17.8 Å².